The van der Waals surface area contributed by atoms with Gasteiger partial charge in [-0.25, -0.2) is 4.98 Å². The summed E-state index contributed by atoms with van der Waals surface area (Å²) in [5.41, 5.74) is -0.412. The van der Waals surface area contributed by atoms with E-state index in [-0.39, 0.29) is 17.0 Å². The summed E-state index contributed by atoms with van der Waals surface area (Å²) < 4.78 is 10.5. The van der Waals surface area contributed by atoms with Gasteiger partial charge in [0.2, 0.25) is 5.88 Å². The van der Waals surface area contributed by atoms with Crippen molar-refractivity contribution in [1.82, 2.24) is 9.97 Å². The first kappa shape index (κ1) is 12.0. The Morgan fingerprint density at radius 2 is 2.40 bits per heavy atom. The maximum atomic E-state index is 11.1. The number of nitrogens with zero attached hydrogens (tertiary/aromatic N) is 1. The third-order valence-electron chi connectivity index (χ3n) is 1.63. The zero-order chi connectivity index (χ0) is 11.3. The number of rotatable bonds is 5. The predicted molar refractivity (Wildman–Crippen MR) is 56.5 cm³/mol. The van der Waals surface area contributed by atoms with Crippen LogP contribution in [0.25, 0.3) is 0 Å². The molecule has 0 aliphatic rings. The second kappa shape index (κ2) is 5.72. The van der Waals surface area contributed by atoms with Gasteiger partial charge in [0, 0.05) is 6.61 Å². The second-order valence-electron chi connectivity index (χ2n) is 2.94. The van der Waals surface area contributed by atoms with E-state index in [4.69, 9.17) is 21.1 Å². The topological polar surface area (TPSA) is 64.2 Å². The Hall–Kier alpha value is -1.07. The summed E-state index contributed by atoms with van der Waals surface area (Å²) in [4.78, 5) is 17.3. The van der Waals surface area contributed by atoms with Crippen LogP contribution in [-0.2, 0) is 4.74 Å². The van der Waals surface area contributed by atoms with E-state index in [1.54, 1.807) is 0 Å². The van der Waals surface area contributed by atoms with Gasteiger partial charge in [0.25, 0.3) is 5.56 Å². The fourth-order valence-corrected chi connectivity index (χ4v) is 1.11. The molecule has 0 fully saturated rings. The maximum absolute atomic E-state index is 11.1. The monoisotopic (exact) mass is 232 g/mol. The number of ether oxygens (including phenoxy) is 2. The molecule has 0 aliphatic heterocycles. The lowest BCUT2D eigenvalue weighted by atomic mass is 10.4. The van der Waals surface area contributed by atoms with E-state index >= 15 is 0 Å². The van der Waals surface area contributed by atoms with Crippen molar-refractivity contribution in [3.8, 4) is 5.88 Å². The van der Waals surface area contributed by atoms with Crippen LogP contribution in [0.3, 0.4) is 0 Å². The van der Waals surface area contributed by atoms with Gasteiger partial charge in [-0.15, -0.1) is 0 Å². The number of aromatic amines is 1. The first-order valence-corrected chi connectivity index (χ1v) is 5.00. The molecule has 84 valence electrons. The quantitative estimate of drug-likeness (QED) is 0.829. The average molecular weight is 233 g/mol. The highest BCUT2D eigenvalue weighted by Crippen LogP contribution is 2.16. The van der Waals surface area contributed by atoms with E-state index in [2.05, 4.69) is 9.97 Å². The van der Waals surface area contributed by atoms with Crippen molar-refractivity contribution in [3.63, 3.8) is 0 Å². The third kappa shape index (κ3) is 3.53. The molecular weight excluding hydrogens is 220 g/mol. The van der Waals surface area contributed by atoms with Crippen molar-refractivity contribution in [2.75, 3.05) is 13.2 Å². The van der Waals surface area contributed by atoms with Gasteiger partial charge in [-0.3, -0.25) is 4.79 Å². The van der Waals surface area contributed by atoms with Crippen LogP contribution in [0.5, 0.6) is 5.88 Å². The fraction of sp³-hybridized carbons (Fsp3) is 0.556. The Morgan fingerprint density at radius 1 is 1.67 bits per heavy atom. The van der Waals surface area contributed by atoms with Crippen LogP contribution >= 0.6 is 11.6 Å². The van der Waals surface area contributed by atoms with Crippen molar-refractivity contribution < 1.29 is 9.47 Å². The van der Waals surface area contributed by atoms with E-state index in [9.17, 15) is 4.79 Å². The summed E-state index contributed by atoms with van der Waals surface area (Å²) in [6, 6.07) is 0. The molecule has 1 atom stereocenters. The Kier molecular flexibility index (Phi) is 4.58. The molecule has 0 bridgehead atoms. The van der Waals surface area contributed by atoms with Gasteiger partial charge in [-0.2, -0.15) is 0 Å². The Bertz CT molecular complexity index is 367. The van der Waals surface area contributed by atoms with E-state index in [0.717, 1.165) is 0 Å². The molecule has 1 rings (SSSR count). The highest BCUT2D eigenvalue weighted by molar-refractivity contribution is 6.31. The van der Waals surface area contributed by atoms with Gasteiger partial charge in [0.05, 0.1) is 12.9 Å². The lowest BCUT2D eigenvalue weighted by Crippen LogP contribution is -2.21. The molecular formula is C9H13ClN2O3. The zero-order valence-corrected chi connectivity index (χ0v) is 9.37. The highest BCUT2D eigenvalue weighted by atomic mass is 35.5. The summed E-state index contributed by atoms with van der Waals surface area (Å²) >= 11 is 5.70. The Balaban J connectivity index is 2.64. The van der Waals surface area contributed by atoms with Crippen LogP contribution in [0.2, 0.25) is 5.02 Å². The summed E-state index contributed by atoms with van der Waals surface area (Å²) in [5.74, 6) is 0.132. The number of aromatic nitrogens is 2. The smallest absolute Gasteiger partial charge is 0.273 e. The van der Waals surface area contributed by atoms with Crippen LogP contribution in [-0.4, -0.2) is 29.3 Å². The van der Waals surface area contributed by atoms with Gasteiger partial charge < -0.3 is 14.5 Å². The normalized spacial score (nSPS) is 12.5. The van der Waals surface area contributed by atoms with Gasteiger partial charge in [0.15, 0.2) is 5.02 Å². The molecule has 0 amide bonds. The van der Waals surface area contributed by atoms with Crippen molar-refractivity contribution >= 4 is 11.6 Å². The minimum absolute atomic E-state index is 0.0409. The molecule has 6 heteroatoms. The summed E-state index contributed by atoms with van der Waals surface area (Å²) in [7, 11) is 0. The van der Waals surface area contributed by atoms with Crippen molar-refractivity contribution in [2.45, 2.75) is 20.0 Å². The second-order valence-corrected chi connectivity index (χ2v) is 3.32. The molecule has 1 aromatic rings. The maximum Gasteiger partial charge on any atom is 0.273 e. The molecule has 0 saturated carbocycles. The minimum Gasteiger partial charge on any atom is -0.471 e. The standard InChI is InChI=1S/C9H13ClN2O3/c1-3-14-4-6(2)15-9-7(10)8(13)11-5-12-9/h5-6H,3-4H2,1-2H3,(H,11,12,13). The van der Waals surface area contributed by atoms with Crippen LogP contribution in [0.1, 0.15) is 13.8 Å². The molecule has 15 heavy (non-hydrogen) atoms. The molecule has 0 aliphatic carbocycles. The lowest BCUT2D eigenvalue weighted by molar-refractivity contribution is 0.0633. The molecule has 1 unspecified atom stereocenters. The van der Waals surface area contributed by atoms with Crippen molar-refractivity contribution in [3.05, 3.63) is 21.7 Å². The van der Waals surface area contributed by atoms with Crippen LogP contribution in [0, 0.1) is 0 Å². The van der Waals surface area contributed by atoms with Gasteiger partial charge in [0.1, 0.15) is 6.10 Å². The zero-order valence-electron chi connectivity index (χ0n) is 8.62. The Morgan fingerprint density at radius 3 is 3.07 bits per heavy atom. The third-order valence-corrected chi connectivity index (χ3v) is 1.97. The van der Waals surface area contributed by atoms with Crippen molar-refractivity contribution in [2.24, 2.45) is 0 Å². The summed E-state index contributed by atoms with van der Waals surface area (Å²) in [5, 5.41) is -0.0409. The number of nitrogens with one attached hydrogen (secondary N) is 1. The Labute approximate surface area is 92.4 Å². The minimum atomic E-state index is -0.412. The highest BCUT2D eigenvalue weighted by Gasteiger charge is 2.10. The lowest BCUT2D eigenvalue weighted by Gasteiger charge is -2.13. The van der Waals surface area contributed by atoms with Gasteiger partial charge >= 0.3 is 0 Å². The molecule has 5 nitrogen and oxygen atoms in total. The van der Waals surface area contributed by atoms with E-state index in [1.807, 2.05) is 13.8 Å². The molecule has 0 radical (unpaired) electrons. The van der Waals surface area contributed by atoms with E-state index in [0.29, 0.717) is 13.2 Å². The molecule has 1 N–H and O–H groups in total. The number of H-pyrrole nitrogens is 1. The van der Waals surface area contributed by atoms with Crippen LogP contribution in [0.15, 0.2) is 11.1 Å². The SMILES string of the molecule is CCOCC(C)Oc1nc[nH]c(=O)c1Cl. The van der Waals surface area contributed by atoms with Crippen LogP contribution < -0.4 is 10.3 Å². The first-order valence-electron chi connectivity index (χ1n) is 4.62. The first-order chi connectivity index (χ1) is 7.15. The van der Waals surface area contributed by atoms with E-state index < -0.39 is 5.56 Å². The largest absolute Gasteiger partial charge is 0.471 e. The number of hydrogen-bond donors (Lipinski definition) is 1. The summed E-state index contributed by atoms with van der Waals surface area (Å²) in [6.45, 7) is 4.76. The molecule has 1 heterocycles. The van der Waals surface area contributed by atoms with E-state index in [1.165, 1.54) is 6.33 Å². The van der Waals surface area contributed by atoms with Crippen molar-refractivity contribution in [1.29, 1.82) is 0 Å². The van der Waals surface area contributed by atoms with Crippen LogP contribution in [0.4, 0.5) is 0 Å². The fourth-order valence-electron chi connectivity index (χ4n) is 0.957. The molecule has 1 aromatic heterocycles. The molecule has 0 aromatic carbocycles. The number of hydrogen-bond acceptors (Lipinski definition) is 4. The van der Waals surface area contributed by atoms with Gasteiger partial charge in [-0.05, 0) is 13.8 Å². The molecule has 0 saturated heterocycles. The number of halogens is 1. The molecule has 0 spiro atoms. The predicted octanol–water partition coefficient (Wildman–Crippen LogP) is 1.23. The van der Waals surface area contributed by atoms with Gasteiger partial charge in [-0.1, -0.05) is 11.6 Å². The average Bonchev–Trinajstić information content (AvgIpc) is 2.22. The summed E-state index contributed by atoms with van der Waals surface area (Å²) in [6.07, 6.45) is 1.05.